The van der Waals surface area contributed by atoms with Crippen molar-refractivity contribution in [3.8, 4) is 0 Å². The normalized spacial score (nSPS) is 15.5. The molecule has 0 spiro atoms. The van der Waals surface area contributed by atoms with Gasteiger partial charge in [0.25, 0.3) is 0 Å². The van der Waals surface area contributed by atoms with E-state index in [9.17, 15) is 0 Å². The van der Waals surface area contributed by atoms with E-state index < -0.39 is 0 Å². The number of hydrogen-bond donors (Lipinski definition) is 1. The number of alkyl halides is 1. The van der Waals surface area contributed by atoms with Crippen LogP contribution >= 0.6 is 15.9 Å². The third-order valence-corrected chi connectivity index (χ3v) is 3.16. The van der Waals surface area contributed by atoms with Gasteiger partial charge in [-0.3, -0.25) is 0 Å². The summed E-state index contributed by atoms with van der Waals surface area (Å²) in [6.07, 6.45) is 6.69. The zero-order valence-corrected chi connectivity index (χ0v) is 10.4. The molecular weight excluding hydrogens is 250 g/mol. The lowest BCUT2D eigenvalue weighted by Gasteiger charge is -2.17. The summed E-state index contributed by atoms with van der Waals surface area (Å²) >= 11 is 3.42. The van der Waals surface area contributed by atoms with E-state index in [0.717, 1.165) is 31.3 Å². The second kappa shape index (κ2) is 5.47. The number of allylic oxidation sites excluding steroid dienone is 1. The molecule has 0 bridgehead atoms. The second-order valence-electron chi connectivity index (χ2n) is 3.83. The third-order valence-electron chi connectivity index (χ3n) is 2.70. The fourth-order valence-electron chi connectivity index (χ4n) is 1.88. The number of fused-ring (bicyclic) bond motifs is 1. The molecule has 0 saturated heterocycles. The Kier molecular flexibility index (Phi) is 3.98. The van der Waals surface area contributed by atoms with E-state index in [1.54, 1.807) is 0 Å². The SMILES string of the molecule is BrCCC=Cc1ccc2c(c1)CCNC2. The first kappa shape index (κ1) is 10.9. The Hall–Kier alpha value is -0.600. The van der Waals surface area contributed by atoms with Gasteiger partial charge in [0.1, 0.15) is 0 Å². The average Bonchev–Trinajstić information content (AvgIpc) is 2.29. The molecule has 0 amide bonds. The van der Waals surface area contributed by atoms with Crippen molar-refractivity contribution in [2.24, 2.45) is 0 Å². The largest absolute Gasteiger partial charge is 0.312 e. The molecule has 0 atom stereocenters. The molecule has 1 N–H and O–H groups in total. The van der Waals surface area contributed by atoms with Gasteiger partial charge in [-0.2, -0.15) is 0 Å². The molecule has 0 radical (unpaired) electrons. The van der Waals surface area contributed by atoms with E-state index in [0.29, 0.717) is 0 Å². The van der Waals surface area contributed by atoms with Crippen LogP contribution in [0.2, 0.25) is 0 Å². The molecule has 1 aliphatic rings. The van der Waals surface area contributed by atoms with Crippen LogP contribution in [-0.4, -0.2) is 11.9 Å². The molecule has 15 heavy (non-hydrogen) atoms. The van der Waals surface area contributed by atoms with Crippen LogP contribution in [0.1, 0.15) is 23.1 Å². The minimum atomic E-state index is 1.03. The van der Waals surface area contributed by atoms with Gasteiger partial charge >= 0.3 is 0 Å². The standard InChI is InChI=1S/C13H16BrN/c14-7-2-1-3-11-4-5-13-10-15-8-6-12(13)9-11/h1,3-5,9,15H,2,6-8,10H2. The molecule has 0 aliphatic carbocycles. The molecule has 1 aromatic carbocycles. The highest BCUT2D eigenvalue weighted by atomic mass is 79.9. The minimum absolute atomic E-state index is 1.03. The summed E-state index contributed by atoms with van der Waals surface area (Å²) in [4.78, 5) is 0. The topological polar surface area (TPSA) is 12.0 Å². The summed E-state index contributed by atoms with van der Waals surface area (Å²) in [6.45, 7) is 2.14. The lowest BCUT2D eigenvalue weighted by atomic mass is 9.98. The first-order valence-corrected chi connectivity index (χ1v) is 6.57. The van der Waals surface area contributed by atoms with Crippen molar-refractivity contribution >= 4 is 22.0 Å². The molecule has 0 fully saturated rings. The molecule has 2 heteroatoms. The van der Waals surface area contributed by atoms with Gasteiger partial charge in [-0.1, -0.05) is 46.3 Å². The summed E-state index contributed by atoms with van der Waals surface area (Å²) in [5.41, 5.74) is 4.30. The zero-order chi connectivity index (χ0) is 10.5. The van der Waals surface area contributed by atoms with Crippen molar-refractivity contribution in [3.63, 3.8) is 0 Å². The maximum Gasteiger partial charge on any atom is 0.0208 e. The summed E-state index contributed by atoms with van der Waals surface area (Å²) in [7, 11) is 0. The van der Waals surface area contributed by atoms with Crippen molar-refractivity contribution < 1.29 is 0 Å². The Balaban J connectivity index is 2.13. The van der Waals surface area contributed by atoms with Crippen molar-refractivity contribution in [3.05, 3.63) is 41.0 Å². The zero-order valence-electron chi connectivity index (χ0n) is 8.80. The number of benzene rings is 1. The molecule has 80 valence electrons. The van der Waals surface area contributed by atoms with E-state index in [4.69, 9.17) is 0 Å². The first-order valence-electron chi connectivity index (χ1n) is 5.45. The maximum atomic E-state index is 3.42. The molecule has 1 heterocycles. The van der Waals surface area contributed by atoms with E-state index in [-0.39, 0.29) is 0 Å². The van der Waals surface area contributed by atoms with Crippen LogP contribution in [-0.2, 0) is 13.0 Å². The molecule has 1 aliphatic heterocycles. The predicted octanol–water partition coefficient (Wildman–Crippen LogP) is 3.13. The third kappa shape index (κ3) is 2.93. The van der Waals surface area contributed by atoms with Crippen molar-refractivity contribution in [2.75, 3.05) is 11.9 Å². The Morgan fingerprint density at radius 2 is 2.27 bits per heavy atom. The monoisotopic (exact) mass is 265 g/mol. The number of hydrogen-bond acceptors (Lipinski definition) is 1. The lowest BCUT2D eigenvalue weighted by Crippen LogP contribution is -2.23. The number of rotatable bonds is 3. The number of halogens is 1. The van der Waals surface area contributed by atoms with E-state index >= 15 is 0 Å². The van der Waals surface area contributed by atoms with E-state index in [1.807, 2.05) is 0 Å². The Labute approximate surface area is 99.7 Å². The van der Waals surface area contributed by atoms with Gasteiger partial charge in [-0.05, 0) is 36.1 Å². The van der Waals surface area contributed by atoms with E-state index in [2.05, 4.69) is 51.6 Å². The van der Waals surface area contributed by atoms with Gasteiger partial charge in [0, 0.05) is 11.9 Å². The van der Waals surface area contributed by atoms with Crippen LogP contribution in [0.5, 0.6) is 0 Å². The highest BCUT2D eigenvalue weighted by Crippen LogP contribution is 2.16. The Morgan fingerprint density at radius 3 is 3.13 bits per heavy atom. The van der Waals surface area contributed by atoms with Crippen molar-refractivity contribution in [1.29, 1.82) is 0 Å². The number of nitrogens with one attached hydrogen (secondary N) is 1. The van der Waals surface area contributed by atoms with Crippen molar-refractivity contribution in [2.45, 2.75) is 19.4 Å². The minimum Gasteiger partial charge on any atom is -0.312 e. The molecule has 0 unspecified atom stereocenters. The Bertz CT molecular complexity index is 358. The first-order chi connectivity index (χ1) is 7.40. The Morgan fingerprint density at radius 1 is 1.33 bits per heavy atom. The highest BCUT2D eigenvalue weighted by Gasteiger charge is 2.07. The summed E-state index contributed by atoms with van der Waals surface area (Å²) in [6, 6.07) is 6.77. The van der Waals surface area contributed by atoms with Crippen LogP contribution in [0.15, 0.2) is 24.3 Å². The molecule has 0 saturated carbocycles. The van der Waals surface area contributed by atoms with E-state index in [1.165, 1.54) is 16.7 Å². The quantitative estimate of drug-likeness (QED) is 0.829. The predicted molar refractivity (Wildman–Crippen MR) is 69.3 cm³/mol. The molecule has 0 aromatic heterocycles. The summed E-state index contributed by atoms with van der Waals surface area (Å²) in [5.74, 6) is 0. The molecule has 2 rings (SSSR count). The fraction of sp³-hybridized carbons (Fsp3) is 0.385. The maximum absolute atomic E-state index is 3.42. The van der Waals surface area contributed by atoms with Gasteiger partial charge in [0.2, 0.25) is 0 Å². The molecule has 1 nitrogen and oxygen atoms in total. The summed E-state index contributed by atoms with van der Waals surface area (Å²) in [5, 5.41) is 4.43. The van der Waals surface area contributed by atoms with Gasteiger partial charge < -0.3 is 5.32 Å². The molecule has 1 aromatic rings. The van der Waals surface area contributed by atoms with Gasteiger partial charge in [0.15, 0.2) is 0 Å². The smallest absolute Gasteiger partial charge is 0.0208 e. The van der Waals surface area contributed by atoms with Crippen LogP contribution < -0.4 is 5.32 Å². The van der Waals surface area contributed by atoms with Crippen LogP contribution in [0.3, 0.4) is 0 Å². The van der Waals surface area contributed by atoms with Crippen LogP contribution in [0.25, 0.3) is 6.08 Å². The van der Waals surface area contributed by atoms with Gasteiger partial charge in [-0.15, -0.1) is 0 Å². The van der Waals surface area contributed by atoms with Crippen LogP contribution in [0, 0.1) is 0 Å². The summed E-state index contributed by atoms with van der Waals surface area (Å²) < 4.78 is 0. The highest BCUT2D eigenvalue weighted by molar-refractivity contribution is 9.09. The van der Waals surface area contributed by atoms with Crippen molar-refractivity contribution in [1.82, 2.24) is 5.32 Å². The van der Waals surface area contributed by atoms with Crippen LogP contribution in [0.4, 0.5) is 0 Å². The molecular formula is C13H16BrN. The average molecular weight is 266 g/mol. The second-order valence-corrected chi connectivity index (χ2v) is 4.63. The lowest BCUT2D eigenvalue weighted by molar-refractivity contribution is 0.643. The van der Waals surface area contributed by atoms with Gasteiger partial charge in [-0.25, -0.2) is 0 Å². The fourth-order valence-corrected chi connectivity index (χ4v) is 2.15. The van der Waals surface area contributed by atoms with Gasteiger partial charge in [0.05, 0.1) is 0 Å².